The van der Waals surface area contributed by atoms with E-state index in [9.17, 15) is 9.59 Å². The van der Waals surface area contributed by atoms with Crippen LogP contribution in [0.3, 0.4) is 0 Å². The van der Waals surface area contributed by atoms with Crippen LogP contribution in [-0.4, -0.2) is 60.3 Å². The number of aromatic nitrogens is 1. The number of fused-ring (bicyclic) bond motifs is 1. The molecule has 1 aliphatic heterocycles. The van der Waals surface area contributed by atoms with E-state index in [2.05, 4.69) is 22.4 Å². The van der Waals surface area contributed by atoms with Crippen molar-refractivity contribution in [2.75, 3.05) is 33.7 Å². The Kier molecular flexibility index (Phi) is 5.63. The van der Waals surface area contributed by atoms with Crippen LogP contribution >= 0.6 is 0 Å². The second-order valence-corrected chi connectivity index (χ2v) is 6.73. The van der Waals surface area contributed by atoms with Crippen molar-refractivity contribution in [2.24, 2.45) is 0 Å². The summed E-state index contributed by atoms with van der Waals surface area (Å²) in [6.07, 6.45) is 2.36. The van der Waals surface area contributed by atoms with Crippen molar-refractivity contribution in [1.29, 1.82) is 0 Å². The zero-order valence-corrected chi connectivity index (χ0v) is 15.2. The quantitative estimate of drug-likeness (QED) is 0.887. The van der Waals surface area contributed by atoms with Crippen molar-refractivity contribution < 1.29 is 9.59 Å². The van der Waals surface area contributed by atoms with Crippen LogP contribution in [0, 0.1) is 0 Å². The highest BCUT2D eigenvalue weighted by Crippen LogP contribution is 2.20. The van der Waals surface area contributed by atoms with E-state index in [1.54, 1.807) is 17.0 Å². The van der Waals surface area contributed by atoms with Gasteiger partial charge in [-0.15, -0.1) is 0 Å². The Bertz CT molecular complexity index is 804. The monoisotopic (exact) mass is 352 g/mol. The zero-order valence-electron chi connectivity index (χ0n) is 15.2. The van der Waals surface area contributed by atoms with Gasteiger partial charge in [-0.25, -0.2) is 0 Å². The van der Waals surface area contributed by atoms with Gasteiger partial charge in [0.05, 0.1) is 0 Å². The summed E-state index contributed by atoms with van der Waals surface area (Å²) in [5.74, 6) is -0.324. The molecule has 2 aromatic rings. The number of carbonyl (C=O) groups is 2. The van der Waals surface area contributed by atoms with Crippen molar-refractivity contribution in [2.45, 2.75) is 13.0 Å². The lowest BCUT2D eigenvalue weighted by atomic mass is 9.99. The first-order chi connectivity index (χ1) is 12.5. The molecule has 0 saturated heterocycles. The maximum atomic E-state index is 12.8. The Morgan fingerprint density at radius 2 is 1.96 bits per heavy atom. The standard InChI is InChI=1S/C20H24N4O2/c1-23(2)12-10-22-19(25)16-7-9-21-18(13-16)20(26)24-11-8-15-5-3-4-6-17(15)14-24/h3-7,9,13H,8,10-12,14H2,1-2H3,(H,22,25). The van der Waals surface area contributed by atoms with Crippen LogP contribution in [0.15, 0.2) is 42.6 Å². The Labute approximate surface area is 153 Å². The molecule has 26 heavy (non-hydrogen) atoms. The molecule has 2 amide bonds. The molecule has 0 aliphatic carbocycles. The molecule has 1 aromatic heterocycles. The third-order valence-corrected chi connectivity index (χ3v) is 4.50. The molecule has 0 saturated carbocycles. The van der Waals surface area contributed by atoms with Crippen LogP contribution in [0.2, 0.25) is 0 Å². The minimum Gasteiger partial charge on any atom is -0.351 e. The predicted molar refractivity (Wildman–Crippen MR) is 100 cm³/mol. The summed E-state index contributed by atoms with van der Waals surface area (Å²) in [5.41, 5.74) is 3.23. The Morgan fingerprint density at radius 1 is 1.19 bits per heavy atom. The molecule has 2 heterocycles. The van der Waals surface area contributed by atoms with E-state index < -0.39 is 0 Å². The van der Waals surface area contributed by atoms with Crippen LogP contribution in [0.4, 0.5) is 0 Å². The molecule has 3 rings (SSSR count). The first-order valence-corrected chi connectivity index (χ1v) is 8.79. The van der Waals surface area contributed by atoms with Crippen LogP contribution in [0.1, 0.15) is 32.0 Å². The van der Waals surface area contributed by atoms with Crippen molar-refractivity contribution in [1.82, 2.24) is 20.1 Å². The molecule has 6 nitrogen and oxygen atoms in total. The average Bonchev–Trinajstić information content (AvgIpc) is 2.66. The predicted octanol–water partition coefficient (Wildman–Crippen LogP) is 1.57. The SMILES string of the molecule is CN(C)CCNC(=O)c1ccnc(C(=O)N2CCc3ccccc3C2)c1. The molecule has 0 spiro atoms. The number of carbonyl (C=O) groups excluding carboxylic acids is 2. The van der Waals surface area contributed by atoms with E-state index in [0.717, 1.165) is 13.0 Å². The van der Waals surface area contributed by atoms with Crippen LogP contribution in [0.5, 0.6) is 0 Å². The average molecular weight is 352 g/mol. The molecule has 0 fully saturated rings. The number of hydrogen-bond acceptors (Lipinski definition) is 4. The van der Waals surface area contributed by atoms with Gasteiger partial charge in [0.15, 0.2) is 0 Å². The Hall–Kier alpha value is -2.73. The van der Waals surface area contributed by atoms with Gasteiger partial charge < -0.3 is 15.1 Å². The highest BCUT2D eigenvalue weighted by molar-refractivity contribution is 5.98. The van der Waals surface area contributed by atoms with E-state index in [1.165, 1.54) is 17.3 Å². The molecule has 1 aromatic carbocycles. The van der Waals surface area contributed by atoms with E-state index in [0.29, 0.717) is 30.9 Å². The highest BCUT2D eigenvalue weighted by atomic mass is 16.2. The summed E-state index contributed by atoms with van der Waals surface area (Å²) in [6, 6.07) is 11.4. The molecule has 0 bridgehead atoms. The number of rotatable bonds is 5. The zero-order chi connectivity index (χ0) is 18.5. The minimum atomic E-state index is -0.188. The van der Waals surface area contributed by atoms with Gasteiger partial charge in [0.25, 0.3) is 11.8 Å². The Balaban J connectivity index is 1.68. The van der Waals surface area contributed by atoms with Crippen molar-refractivity contribution in [3.8, 4) is 0 Å². The van der Waals surface area contributed by atoms with Crippen molar-refractivity contribution in [3.63, 3.8) is 0 Å². The summed E-state index contributed by atoms with van der Waals surface area (Å²) in [5, 5.41) is 2.86. The largest absolute Gasteiger partial charge is 0.351 e. The van der Waals surface area contributed by atoms with Gasteiger partial charge in [0.1, 0.15) is 5.69 Å². The second kappa shape index (κ2) is 8.10. The number of hydrogen-bond donors (Lipinski definition) is 1. The molecule has 0 unspecified atom stereocenters. The minimum absolute atomic E-state index is 0.137. The summed E-state index contributed by atoms with van der Waals surface area (Å²) >= 11 is 0. The van der Waals surface area contributed by atoms with Gasteiger partial charge in [-0.05, 0) is 43.8 Å². The summed E-state index contributed by atoms with van der Waals surface area (Å²) in [6.45, 7) is 2.56. The van der Waals surface area contributed by atoms with Gasteiger partial charge in [-0.3, -0.25) is 14.6 Å². The van der Waals surface area contributed by atoms with Crippen molar-refractivity contribution in [3.05, 3.63) is 65.0 Å². The lowest BCUT2D eigenvalue weighted by molar-refractivity contribution is 0.0728. The number of likely N-dealkylation sites (N-methyl/N-ethyl adjacent to an activating group) is 1. The molecule has 1 aliphatic rings. The lowest BCUT2D eigenvalue weighted by Gasteiger charge is -2.28. The maximum Gasteiger partial charge on any atom is 0.272 e. The summed E-state index contributed by atoms with van der Waals surface area (Å²) in [4.78, 5) is 33.0. The molecule has 136 valence electrons. The third-order valence-electron chi connectivity index (χ3n) is 4.50. The van der Waals surface area contributed by atoms with E-state index in [1.807, 2.05) is 31.1 Å². The van der Waals surface area contributed by atoms with Gasteiger partial charge >= 0.3 is 0 Å². The van der Waals surface area contributed by atoms with E-state index >= 15 is 0 Å². The number of pyridine rings is 1. The smallest absolute Gasteiger partial charge is 0.272 e. The first kappa shape index (κ1) is 18.1. The first-order valence-electron chi connectivity index (χ1n) is 8.79. The van der Waals surface area contributed by atoms with Crippen molar-refractivity contribution >= 4 is 11.8 Å². The lowest BCUT2D eigenvalue weighted by Crippen LogP contribution is -2.36. The highest BCUT2D eigenvalue weighted by Gasteiger charge is 2.23. The Morgan fingerprint density at radius 3 is 2.73 bits per heavy atom. The summed E-state index contributed by atoms with van der Waals surface area (Å²) in [7, 11) is 3.90. The topological polar surface area (TPSA) is 65.5 Å². The number of nitrogens with zero attached hydrogens (tertiary/aromatic N) is 3. The number of amides is 2. The maximum absolute atomic E-state index is 12.8. The van der Waals surface area contributed by atoms with E-state index in [4.69, 9.17) is 0 Å². The summed E-state index contributed by atoms with van der Waals surface area (Å²) < 4.78 is 0. The molecule has 6 heteroatoms. The van der Waals surface area contributed by atoms with Crippen LogP contribution in [0.25, 0.3) is 0 Å². The van der Waals surface area contributed by atoms with Gasteiger partial charge in [0, 0.05) is 37.9 Å². The normalized spacial score (nSPS) is 13.4. The van der Waals surface area contributed by atoms with E-state index in [-0.39, 0.29) is 11.8 Å². The molecular formula is C20H24N4O2. The van der Waals surface area contributed by atoms with Crippen LogP contribution < -0.4 is 5.32 Å². The molecule has 1 N–H and O–H groups in total. The fraction of sp³-hybridized carbons (Fsp3) is 0.350. The second-order valence-electron chi connectivity index (χ2n) is 6.73. The fourth-order valence-electron chi connectivity index (χ4n) is 3.01. The van der Waals surface area contributed by atoms with Gasteiger partial charge in [-0.2, -0.15) is 0 Å². The number of benzene rings is 1. The number of nitrogens with one attached hydrogen (secondary N) is 1. The molecule has 0 atom stereocenters. The fourth-order valence-corrected chi connectivity index (χ4v) is 3.01. The van der Waals surface area contributed by atoms with Crippen LogP contribution in [-0.2, 0) is 13.0 Å². The van der Waals surface area contributed by atoms with Gasteiger partial charge in [-0.1, -0.05) is 24.3 Å². The third kappa shape index (κ3) is 4.26. The molecular weight excluding hydrogens is 328 g/mol. The van der Waals surface area contributed by atoms with Gasteiger partial charge in [0.2, 0.25) is 0 Å². The molecule has 0 radical (unpaired) electrons.